The fourth-order valence-electron chi connectivity index (χ4n) is 3.29. The van der Waals surface area contributed by atoms with E-state index in [1.165, 1.54) is 18.4 Å². The first-order chi connectivity index (χ1) is 10.2. The number of hydrogen-bond acceptors (Lipinski definition) is 2. The van der Waals surface area contributed by atoms with Crippen LogP contribution in [0.1, 0.15) is 57.9 Å². The summed E-state index contributed by atoms with van der Waals surface area (Å²) in [4.78, 5) is 0. The molecular formula is C19H31NO. The van der Waals surface area contributed by atoms with Crippen LogP contribution >= 0.6 is 0 Å². The van der Waals surface area contributed by atoms with Gasteiger partial charge in [0.05, 0.1) is 6.10 Å². The van der Waals surface area contributed by atoms with E-state index in [0.29, 0.717) is 18.1 Å². The molecule has 3 atom stereocenters. The third-order valence-corrected chi connectivity index (χ3v) is 4.56. The van der Waals surface area contributed by atoms with E-state index in [2.05, 4.69) is 56.4 Å². The van der Waals surface area contributed by atoms with Gasteiger partial charge in [0, 0.05) is 12.6 Å². The van der Waals surface area contributed by atoms with E-state index in [-0.39, 0.29) is 0 Å². The van der Waals surface area contributed by atoms with Crippen molar-refractivity contribution in [3.8, 4) is 0 Å². The molecule has 118 valence electrons. The van der Waals surface area contributed by atoms with Crippen molar-refractivity contribution in [2.75, 3.05) is 13.2 Å². The highest BCUT2D eigenvalue weighted by Gasteiger charge is 2.31. The molecular weight excluding hydrogens is 258 g/mol. The minimum atomic E-state index is 0.364. The summed E-state index contributed by atoms with van der Waals surface area (Å²) >= 11 is 0. The highest BCUT2D eigenvalue weighted by Crippen LogP contribution is 2.34. The molecule has 1 fully saturated rings. The quantitative estimate of drug-likeness (QED) is 0.805. The fourth-order valence-corrected chi connectivity index (χ4v) is 3.29. The molecule has 0 heterocycles. The molecule has 0 spiro atoms. The smallest absolute Gasteiger partial charge is 0.0733 e. The van der Waals surface area contributed by atoms with E-state index in [1.807, 2.05) is 0 Å². The van der Waals surface area contributed by atoms with Gasteiger partial charge in [-0.3, -0.25) is 0 Å². The molecule has 1 aromatic rings. The number of hydrogen-bond donors (Lipinski definition) is 1. The highest BCUT2D eigenvalue weighted by molar-refractivity contribution is 5.20. The molecule has 0 bridgehead atoms. The van der Waals surface area contributed by atoms with Crippen LogP contribution in [0.5, 0.6) is 0 Å². The zero-order valence-corrected chi connectivity index (χ0v) is 13.8. The maximum absolute atomic E-state index is 6.25. The maximum Gasteiger partial charge on any atom is 0.0733 e. The summed E-state index contributed by atoms with van der Waals surface area (Å²) in [5.41, 5.74) is 1.48. The lowest BCUT2D eigenvalue weighted by atomic mass is 9.80. The normalized spacial score (nSPS) is 26.2. The number of nitrogens with one attached hydrogen (secondary N) is 1. The number of likely N-dealkylation sites (N-methyl/N-ethyl adjacent to an activating group) is 1. The number of ether oxygens (including phenoxy) is 1. The average molecular weight is 289 g/mol. The molecule has 21 heavy (non-hydrogen) atoms. The third-order valence-electron chi connectivity index (χ3n) is 4.56. The summed E-state index contributed by atoms with van der Waals surface area (Å²) < 4.78 is 6.25. The fraction of sp³-hybridized carbons (Fsp3) is 0.684. The Kier molecular flexibility index (Phi) is 6.72. The first kappa shape index (κ1) is 16.5. The van der Waals surface area contributed by atoms with Gasteiger partial charge in [-0.15, -0.1) is 0 Å². The van der Waals surface area contributed by atoms with Crippen molar-refractivity contribution in [3.63, 3.8) is 0 Å². The Morgan fingerprint density at radius 1 is 1.19 bits per heavy atom. The van der Waals surface area contributed by atoms with Crippen molar-refractivity contribution in [3.05, 3.63) is 35.9 Å². The molecule has 1 saturated carbocycles. The van der Waals surface area contributed by atoms with Gasteiger partial charge in [-0.2, -0.15) is 0 Å². The Morgan fingerprint density at radius 3 is 2.62 bits per heavy atom. The van der Waals surface area contributed by atoms with Crippen molar-refractivity contribution in [1.29, 1.82) is 0 Å². The molecule has 2 rings (SSSR count). The van der Waals surface area contributed by atoms with E-state index in [1.54, 1.807) is 0 Å². The Morgan fingerprint density at radius 2 is 1.95 bits per heavy atom. The largest absolute Gasteiger partial charge is 0.377 e. The minimum Gasteiger partial charge on any atom is -0.377 e. The molecule has 1 N–H and O–H groups in total. The lowest BCUT2D eigenvalue weighted by Gasteiger charge is -2.37. The van der Waals surface area contributed by atoms with Crippen LogP contribution in [0.3, 0.4) is 0 Å². The summed E-state index contributed by atoms with van der Waals surface area (Å²) in [5, 5.41) is 3.62. The van der Waals surface area contributed by atoms with Crippen LogP contribution in [-0.4, -0.2) is 25.3 Å². The molecule has 2 heteroatoms. The van der Waals surface area contributed by atoms with Crippen molar-refractivity contribution < 1.29 is 4.74 Å². The van der Waals surface area contributed by atoms with Gasteiger partial charge in [-0.25, -0.2) is 0 Å². The van der Waals surface area contributed by atoms with Crippen LogP contribution in [0.2, 0.25) is 0 Å². The van der Waals surface area contributed by atoms with Crippen molar-refractivity contribution >= 4 is 0 Å². The van der Waals surface area contributed by atoms with Crippen LogP contribution in [0.25, 0.3) is 0 Å². The Hall–Kier alpha value is -0.860. The Bertz CT molecular complexity index is 390. The molecule has 0 saturated heterocycles. The van der Waals surface area contributed by atoms with Crippen LogP contribution in [0.15, 0.2) is 30.3 Å². The molecule has 3 unspecified atom stereocenters. The lowest BCUT2D eigenvalue weighted by molar-refractivity contribution is -0.00436. The monoisotopic (exact) mass is 289 g/mol. The zero-order chi connectivity index (χ0) is 15.1. The van der Waals surface area contributed by atoms with Crippen LogP contribution in [0, 0.1) is 5.92 Å². The molecule has 0 radical (unpaired) electrons. The Balaban J connectivity index is 1.94. The van der Waals surface area contributed by atoms with Gasteiger partial charge in [-0.05, 0) is 49.6 Å². The topological polar surface area (TPSA) is 21.3 Å². The van der Waals surface area contributed by atoms with E-state index < -0.39 is 0 Å². The Labute approximate surface area is 130 Å². The first-order valence-corrected chi connectivity index (χ1v) is 8.60. The maximum atomic E-state index is 6.25. The van der Waals surface area contributed by atoms with E-state index in [0.717, 1.165) is 31.9 Å². The van der Waals surface area contributed by atoms with Gasteiger partial charge in [0.25, 0.3) is 0 Å². The van der Waals surface area contributed by atoms with Gasteiger partial charge in [0.2, 0.25) is 0 Å². The zero-order valence-electron chi connectivity index (χ0n) is 13.8. The summed E-state index contributed by atoms with van der Waals surface area (Å²) in [7, 11) is 0. The second-order valence-corrected chi connectivity index (χ2v) is 6.68. The molecule has 0 amide bonds. The molecule has 0 aromatic heterocycles. The summed E-state index contributed by atoms with van der Waals surface area (Å²) in [6, 6.07) is 11.5. The van der Waals surface area contributed by atoms with Gasteiger partial charge < -0.3 is 10.1 Å². The summed E-state index contributed by atoms with van der Waals surface area (Å²) in [5.74, 6) is 1.38. The highest BCUT2D eigenvalue weighted by atomic mass is 16.5. The molecule has 2 nitrogen and oxygen atoms in total. The van der Waals surface area contributed by atoms with E-state index in [9.17, 15) is 0 Å². The van der Waals surface area contributed by atoms with Gasteiger partial charge in [0.15, 0.2) is 0 Å². The van der Waals surface area contributed by atoms with Crippen molar-refractivity contribution in [1.82, 2.24) is 5.32 Å². The van der Waals surface area contributed by atoms with Gasteiger partial charge in [-0.1, -0.05) is 51.1 Å². The van der Waals surface area contributed by atoms with E-state index in [4.69, 9.17) is 4.74 Å². The predicted molar refractivity (Wildman–Crippen MR) is 89.7 cm³/mol. The van der Waals surface area contributed by atoms with Crippen molar-refractivity contribution in [2.45, 2.75) is 64.5 Å². The minimum absolute atomic E-state index is 0.364. The summed E-state index contributed by atoms with van der Waals surface area (Å²) in [6.07, 6.45) is 5.17. The molecule has 1 aromatic carbocycles. The van der Waals surface area contributed by atoms with Gasteiger partial charge in [0.1, 0.15) is 0 Å². The predicted octanol–water partition coefficient (Wildman–Crippen LogP) is 4.36. The van der Waals surface area contributed by atoms with Crippen LogP contribution in [-0.2, 0) is 4.74 Å². The first-order valence-electron chi connectivity index (χ1n) is 8.60. The average Bonchev–Trinajstić information content (AvgIpc) is 2.49. The third kappa shape index (κ3) is 5.12. The second kappa shape index (κ2) is 8.55. The lowest BCUT2D eigenvalue weighted by Crippen LogP contribution is -2.45. The molecule has 0 aliphatic heterocycles. The van der Waals surface area contributed by atoms with Gasteiger partial charge >= 0.3 is 0 Å². The van der Waals surface area contributed by atoms with E-state index >= 15 is 0 Å². The summed E-state index contributed by atoms with van der Waals surface area (Å²) in [6.45, 7) is 8.64. The number of benzene rings is 1. The molecule has 1 aliphatic carbocycles. The standard InChI is InChI=1S/C19H31NO/c1-4-20-18-11-10-17(16-8-6-5-7-9-16)14-19(18)21-13-12-15(2)3/h5-9,15,17-20H,4,10-14H2,1-3H3. The van der Waals surface area contributed by atoms with Crippen LogP contribution in [0.4, 0.5) is 0 Å². The van der Waals surface area contributed by atoms with Crippen LogP contribution < -0.4 is 5.32 Å². The molecule has 1 aliphatic rings. The SMILES string of the molecule is CCNC1CCC(c2ccccc2)CC1OCCC(C)C. The van der Waals surface area contributed by atoms with Crippen molar-refractivity contribution in [2.24, 2.45) is 5.92 Å². The number of rotatable bonds is 7. The second-order valence-electron chi connectivity index (χ2n) is 6.68.